The largest absolute Gasteiger partial charge is 0.457 e. The number of hydrogen-bond donors (Lipinski definition) is 2. The lowest BCUT2D eigenvalue weighted by molar-refractivity contribution is -0.152. The van der Waals surface area contributed by atoms with E-state index in [9.17, 15) is 10.2 Å². The van der Waals surface area contributed by atoms with Crippen LogP contribution in [0.15, 0.2) is 48.5 Å². The van der Waals surface area contributed by atoms with Crippen LogP contribution in [0.2, 0.25) is 0 Å². The molecule has 0 bridgehead atoms. The maximum Gasteiger partial charge on any atom is 0.186 e. The Kier molecular flexibility index (Phi) is 7.14. The van der Waals surface area contributed by atoms with Crippen LogP contribution in [0, 0.1) is 5.92 Å². The van der Waals surface area contributed by atoms with Crippen LogP contribution in [0.25, 0.3) is 0 Å². The van der Waals surface area contributed by atoms with Crippen LogP contribution in [-0.4, -0.2) is 10.2 Å². The molecule has 0 aromatic heterocycles. The van der Waals surface area contributed by atoms with Crippen molar-refractivity contribution in [3.05, 3.63) is 59.7 Å². The van der Waals surface area contributed by atoms with Gasteiger partial charge in [-0.05, 0) is 86.4 Å². The van der Waals surface area contributed by atoms with Gasteiger partial charge < -0.3 is 14.9 Å². The summed E-state index contributed by atoms with van der Waals surface area (Å²) in [7, 11) is 0. The molecule has 2 aromatic rings. The third-order valence-corrected chi connectivity index (χ3v) is 6.05. The monoisotopic (exact) mass is 382 g/mol. The van der Waals surface area contributed by atoms with Gasteiger partial charge in [-0.25, -0.2) is 0 Å². The third kappa shape index (κ3) is 5.83. The Balaban J connectivity index is 1.51. The second kappa shape index (κ2) is 9.58. The summed E-state index contributed by atoms with van der Waals surface area (Å²) < 4.78 is 5.90. The highest BCUT2D eigenvalue weighted by Crippen LogP contribution is 2.38. The van der Waals surface area contributed by atoms with E-state index in [2.05, 4.69) is 19.1 Å². The van der Waals surface area contributed by atoms with Crippen LogP contribution in [0.1, 0.15) is 82.3 Å². The van der Waals surface area contributed by atoms with E-state index in [0.29, 0.717) is 17.2 Å². The van der Waals surface area contributed by atoms with Crippen molar-refractivity contribution in [2.75, 3.05) is 0 Å². The maximum absolute atomic E-state index is 9.61. The molecule has 3 rings (SSSR count). The lowest BCUT2D eigenvalue weighted by Gasteiger charge is -2.29. The number of unbranched alkanes of at least 4 members (excludes halogenated alkanes) is 2. The van der Waals surface area contributed by atoms with Crippen LogP contribution in [0.5, 0.6) is 11.5 Å². The summed E-state index contributed by atoms with van der Waals surface area (Å²) in [4.78, 5) is 0. The first-order valence-electron chi connectivity index (χ1n) is 10.8. The van der Waals surface area contributed by atoms with Crippen molar-refractivity contribution in [2.45, 2.75) is 76.9 Å². The molecule has 3 heteroatoms. The molecule has 152 valence electrons. The fourth-order valence-electron chi connectivity index (χ4n) is 4.25. The Morgan fingerprint density at radius 3 is 1.96 bits per heavy atom. The van der Waals surface area contributed by atoms with Crippen molar-refractivity contribution < 1.29 is 14.9 Å². The highest BCUT2D eigenvalue weighted by Gasteiger charge is 2.22. The topological polar surface area (TPSA) is 49.7 Å². The molecule has 0 atom stereocenters. The van der Waals surface area contributed by atoms with E-state index >= 15 is 0 Å². The van der Waals surface area contributed by atoms with Crippen LogP contribution in [0.4, 0.5) is 0 Å². The van der Waals surface area contributed by atoms with Crippen molar-refractivity contribution in [1.29, 1.82) is 0 Å². The minimum Gasteiger partial charge on any atom is -0.457 e. The summed E-state index contributed by atoms with van der Waals surface area (Å²) in [5, 5.41) is 19.2. The van der Waals surface area contributed by atoms with E-state index < -0.39 is 5.79 Å². The average molecular weight is 383 g/mol. The van der Waals surface area contributed by atoms with Gasteiger partial charge in [0.1, 0.15) is 11.5 Å². The summed E-state index contributed by atoms with van der Waals surface area (Å²) in [5.41, 5.74) is 1.87. The van der Waals surface area contributed by atoms with Gasteiger partial charge in [0, 0.05) is 5.56 Å². The molecule has 3 nitrogen and oxygen atoms in total. The standard InChI is InChI=1S/C25H34O3/c1-3-4-5-6-19-7-9-20(10-8-19)21-11-15-23(16-12-21)28-24-17-13-22(14-18-24)25(2,26)27/h11-20,26-27H,3-10H2,1-2H3. The lowest BCUT2D eigenvalue weighted by atomic mass is 9.77. The first-order chi connectivity index (χ1) is 13.5. The Labute approximate surface area is 169 Å². The SMILES string of the molecule is CCCCCC1CCC(c2ccc(Oc3ccc(C(C)(O)O)cc3)cc2)CC1. The van der Waals surface area contributed by atoms with Crippen molar-refractivity contribution in [3.8, 4) is 11.5 Å². The number of ether oxygens (including phenoxy) is 1. The Morgan fingerprint density at radius 2 is 1.43 bits per heavy atom. The van der Waals surface area contributed by atoms with Gasteiger partial charge in [-0.15, -0.1) is 0 Å². The first kappa shape index (κ1) is 20.9. The summed E-state index contributed by atoms with van der Waals surface area (Å²) in [6, 6.07) is 15.3. The van der Waals surface area contributed by atoms with E-state index in [4.69, 9.17) is 4.74 Å². The van der Waals surface area contributed by atoms with E-state index in [1.165, 1.54) is 63.9 Å². The van der Waals surface area contributed by atoms with Crippen molar-refractivity contribution >= 4 is 0 Å². The number of rotatable bonds is 8. The van der Waals surface area contributed by atoms with Crippen LogP contribution >= 0.6 is 0 Å². The predicted octanol–water partition coefficient (Wildman–Crippen LogP) is 6.49. The molecule has 1 saturated carbocycles. The molecular formula is C25H34O3. The minimum atomic E-state index is -1.82. The zero-order valence-electron chi connectivity index (χ0n) is 17.2. The summed E-state index contributed by atoms with van der Waals surface area (Å²) >= 11 is 0. The van der Waals surface area contributed by atoms with E-state index in [1.807, 2.05) is 12.1 Å². The second-order valence-electron chi connectivity index (χ2n) is 8.43. The summed E-state index contributed by atoms with van der Waals surface area (Å²) in [6.07, 6.45) is 10.9. The third-order valence-electron chi connectivity index (χ3n) is 6.05. The summed E-state index contributed by atoms with van der Waals surface area (Å²) in [6.45, 7) is 3.62. The van der Waals surface area contributed by atoms with Crippen molar-refractivity contribution in [3.63, 3.8) is 0 Å². The van der Waals surface area contributed by atoms with Crippen LogP contribution < -0.4 is 4.74 Å². The van der Waals surface area contributed by atoms with Gasteiger partial charge in [-0.1, -0.05) is 44.7 Å². The van der Waals surface area contributed by atoms with Crippen molar-refractivity contribution in [2.24, 2.45) is 5.92 Å². The van der Waals surface area contributed by atoms with Gasteiger partial charge in [-0.2, -0.15) is 0 Å². The molecule has 2 N–H and O–H groups in total. The number of aliphatic hydroxyl groups is 2. The molecule has 1 aliphatic carbocycles. The molecule has 1 aliphatic rings. The van der Waals surface area contributed by atoms with E-state index in [-0.39, 0.29) is 0 Å². The van der Waals surface area contributed by atoms with Gasteiger partial charge in [0.15, 0.2) is 5.79 Å². The molecule has 2 aromatic carbocycles. The maximum atomic E-state index is 9.61. The molecule has 0 amide bonds. The van der Waals surface area contributed by atoms with Crippen LogP contribution in [-0.2, 0) is 5.79 Å². The van der Waals surface area contributed by atoms with Gasteiger partial charge in [-0.3, -0.25) is 0 Å². The lowest BCUT2D eigenvalue weighted by Crippen LogP contribution is -2.19. The molecule has 0 heterocycles. The smallest absolute Gasteiger partial charge is 0.186 e. The number of benzene rings is 2. The van der Waals surface area contributed by atoms with Gasteiger partial charge >= 0.3 is 0 Å². The Morgan fingerprint density at radius 1 is 0.857 bits per heavy atom. The zero-order valence-corrected chi connectivity index (χ0v) is 17.2. The quantitative estimate of drug-likeness (QED) is 0.405. The molecule has 1 fully saturated rings. The van der Waals surface area contributed by atoms with Gasteiger partial charge in [0.25, 0.3) is 0 Å². The molecule has 28 heavy (non-hydrogen) atoms. The van der Waals surface area contributed by atoms with Crippen LogP contribution in [0.3, 0.4) is 0 Å². The second-order valence-corrected chi connectivity index (χ2v) is 8.43. The van der Waals surface area contributed by atoms with E-state index in [0.717, 1.165) is 11.7 Å². The fraction of sp³-hybridized carbons (Fsp3) is 0.520. The normalized spacial score (nSPS) is 20.1. The molecular weight excluding hydrogens is 348 g/mol. The predicted molar refractivity (Wildman–Crippen MR) is 114 cm³/mol. The Bertz CT molecular complexity index is 705. The van der Waals surface area contributed by atoms with Gasteiger partial charge in [0.2, 0.25) is 0 Å². The highest BCUT2D eigenvalue weighted by atomic mass is 16.5. The first-order valence-corrected chi connectivity index (χ1v) is 10.8. The minimum absolute atomic E-state index is 0.445. The molecule has 0 aliphatic heterocycles. The Hall–Kier alpha value is -1.84. The number of hydrogen-bond acceptors (Lipinski definition) is 3. The fourth-order valence-corrected chi connectivity index (χ4v) is 4.25. The summed E-state index contributed by atoms with van der Waals surface area (Å²) in [5.74, 6) is 1.29. The van der Waals surface area contributed by atoms with Crippen molar-refractivity contribution in [1.82, 2.24) is 0 Å². The molecule has 0 unspecified atom stereocenters. The zero-order chi connectivity index (χ0) is 20.0. The van der Waals surface area contributed by atoms with E-state index in [1.54, 1.807) is 24.3 Å². The molecule has 0 spiro atoms. The highest BCUT2D eigenvalue weighted by molar-refractivity contribution is 5.36. The molecule has 0 radical (unpaired) electrons. The molecule has 0 saturated heterocycles. The van der Waals surface area contributed by atoms with Gasteiger partial charge in [0.05, 0.1) is 0 Å². The average Bonchev–Trinajstić information content (AvgIpc) is 2.69.